The summed E-state index contributed by atoms with van der Waals surface area (Å²) >= 11 is 0. The number of aromatic nitrogens is 2. The van der Waals surface area contributed by atoms with Gasteiger partial charge in [0.25, 0.3) is 0 Å². The third kappa shape index (κ3) is 2.93. The van der Waals surface area contributed by atoms with Gasteiger partial charge < -0.3 is 9.84 Å². The molecule has 1 aromatic heterocycles. The molecule has 0 spiro atoms. The zero-order valence-electron chi connectivity index (χ0n) is 10.6. The van der Waals surface area contributed by atoms with Gasteiger partial charge in [-0.05, 0) is 19.1 Å². The molecule has 2 rings (SSSR count). The molecule has 2 aromatic rings. The Balaban J connectivity index is 2.19. The van der Waals surface area contributed by atoms with Crippen molar-refractivity contribution in [2.24, 2.45) is 0 Å². The minimum absolute atomic E-state index is 0.0137. The number of carbonyl (C=O) groups is 1. The molecule has 20 heavy (non-hydrogen) atoms. The van der Waals surface area contributed by atoms with E-state index in [1.165, 1.54) is 18.3 Å². The van der Waals surface area contributed by atoms with E-state index in [0.29, 0.717) is 4.57 Å². The number of nitrogens with zero attached hydrogens (tertiary/aromatic N) is 2. The van der Waals surface area contributed by atoms with Crippen molar-refractivity contribution in [1.82, 2.24) is 9.55 Å². The minimum atomic E-state index is -2.71. The maximum Gasteiger partial charge on any atom is 0.339 e. The van der Waals surface area contributed by atoms with Gasteiger partial charge >= 0.3 is 12.5 Å². The molecule has 1 heterocycles. The number of halogens is 2. The summed E-state index contributed by atoms with van der Waals surface area (Å²) in [5.74, 6) is -0.996. The van der Waals surface area contributed by atoms with Crippen LogP contribution in [0.5, 0.6) is 5.75 Å². The van der Waals surface area contributed by atoms with Gasteiger partial charge in [0.2, 0.25) is 0 Å². The number of carboxylic acid groups (broad SMARTS) is 1. The first kappa shape index (κ1) is 14.0. The molecule has 1 N–H and O–H groups in total. The summed E-state index contributed by atoms with van der Waals surface area (Å²) in [6.45, 7) is -1.20. The second-order valence-corrected chi connectivity index (χ2v) is 4.12. The monoisotopic (exact) mass is 282 g/mol. The van der Waals surface area contributed by atoms with Gasteiger partial charge in [0.15, 0.2) is 5.82 Å². The van der Waals surface area contributed by atoms with Crippen LogP contribution in [-0.4, -0.2) is 20.6 Å². The number of aromatic carboxylic acids is 1. The van der Waals surface area contributed by atoms with Crippen LogP contribution in [0.2, 0.25) is 0 Å². The summed E-state index contributed by atoms with van der Waals surface area (Å²) < 4.78 is 31.2. The van der Waals surface area contributed by atoms with E-state index >= 15 is 0 Å². The van der Waals surface area contributed by atoms with Crippen molar-refractivity contribution in [2.45, 2.75) is 20.1 Å². The van der Waals surface area contributed by atoms with Crippen molar-refractivity contribution in [3.05, 3.63) is 47.5 Å². The van der Waals surface area contributed by atoms with Gasteiger partial charge in [-0.3, -0.25) is 4.57 Å². The molecule has 0 saturated heterocycles. The maximum absolute atomic E-state index is 12.6. The number of imidazole rings is 1. The minimum Gasteiger partial charge on any atom is -0.485 e. The first-order valence-corrected chi connectivity index (χ1v) is 5.75. The Morgan fingerprint density at radius 3 is 2.90 bits per heavy atom. The van der Waals surface area contributed by atoms with Crippen LogP contribution in [0.3, 0.4) is 0 Å². The molecule has 7 heteroatoms. The highest BCUT2D eigenvalue weighted by molar-refractivity contribution is 5.91. The zero-order chi connectivity index (χ0) is 14.7. The quantitative estimate of drug-likeness (QED) is 0.915. The van der Waals surface area contributed by atoms with Crippen molar-refractivity contribution in [3.8, 4) is 5.75 Å². The molecule has 0 atom stereocenters. The highest BCUT2D eigenvalue weighted by Crippen LogP contribution is 2.22. The molecule has 1 aromatic carbocycles. The highest BCUT2D eigenvalue weighted by Gasteiger charge is 2.15. The summed E-state index contributed by atoms with van der Waals surface area (Å²) in [5, 5.41) is 9.07. The molecule has 0 bridgehead atoms. The van der Waals surface area contributed by atoms with Crippen molar-refractivity contribution < 1.29 is 23.4 Å². The Morgan fingerprint density at radius 2 is 2.25 bits per heavy atom. The fraction of sp³-hybridized carbons (Fsp3) is 0.231. The van der Waals surface area contributed by atoms with Gasteiger partial charge in [0.05, 0.1) is 0 Å². The Hall–Kier alpha value is -2.44. The van der Waals surface area contributed by atoms with Gasteiger partial charge in [0, 0.05) is 12.4 Å². The van der Waals surface area contributed by atoms with Crippen LogP contribution in [0.1, 0.15) is 28.3 Å². The molecule has 0 amide bonds. The Labute approximate surface area is 113 Å². The van der Waals surface area contributed by atoms with Crippen LogP contribution in [-0.2, 0) is 6.61 Å². The van der Waals surface area contributed by atoms with E-state index in [1.807, 2.05) is 0 Å². The van der Waals surface area contributed by atoms with Crippen LogP contribution in [0.4, 0.5) is 8.78 Å². The topological polar surface area (TPSA) is 64.4 Å². The molecule has 0 unspecified atom stereocenters. The van der Waals surface area contributed by atoms with Gasteiger partial charge in [-0.1, -0.05) is 11.6 Å². The third-order valence-electron chi connectivity index (χ3n) is 2.68. The van der Waals surface area contributed by atoms with Crippen molar-refractivity contribution in [1.29, 1.82) is 0 Å². The first-order chi connectivity index (χ1) is 9.49. The van der Waals surface area contributed by atoms with E-state index in [1.54, 1.807) is 13.0 Å². The number of aryl methyl sites for hydroxylation is 1. The highest BCUT2D eigenvalue weighted by atomic mass is 19.3. The lowest BCUT2D eigenvalue weighted by atomic mass is 10.1. The molecule has 106 valence electrons. The average molecular weight is 282 g/mol. The van der Waals surface area contributed by atoms with Crippen molar-refractivity contribution >= 4 is 5.97 Å². The summed E-state index contributed by atoms with van der Waals surface area (Å²) in [4.78, 5) is 14.8. The Bertz CT molecular complexity index is 626. The van der Waals surface area contributed by atoms with E-state index in [0.717, 1.165) is 11.8 Å². The fourth-order valence-electron chi connectivity index (χ4n) is 1.71. The van der Waals surface area contributed by atoms with Crippen LogP contribution in [0.15, 0.2) is 30.6 Å². The summed E-state index contributed by atoms with van der Waals surface area (Å²) in [6, 6.07) is 4.63. The molecule has 0 radical (unpaired) electrons. The Kier molecular flexibility index (Phi) is 3.97. The largest absolute Gasteiger partial charge is 0.485 e. The summed E-state index contributed by atoms with van der Waals surface area (Å²) in [7, 11) is 0. The molecular weight excluding hydrogens is 270 g/mol. The Morgan fingerprint density at radius 1 is 1.50 bits per heavy atom. The summed E-state index contributed by atoms with van der Waals surface area (Å²) in [6.07, 6.45) is 2.37. The maximum atomic E-state index is 12.6. The molecule has 5 nitrogen and oxygen atoms in total. The number of ether oxygens (including phenoxy) is 1. The van der Waals surface area contributed by atoms with Crippen molar-refractivity contribution in [3.63, 3.8) is 0 Å². The van der Waals surface area contributed by atoms with Crippen LogP contribution in [0, 0.1) is 6.92 Å². The van der Waals surface area contributed by atoms with Gasteiger partial charge in [0.1, 0.15) is 17.9 Å². The summed E-state index contributed by atoms with van der Waals surface area (Å²) in [5.41, 5.74) is 0.754. The van der Waals surface area contributed by atoms with E-state index < -0.39 is 12.5 Å². The van der Waals surface area contributed by atoms with Gasteiger partial charge in [-0.15, -0.1) is 0 Å². The SMILES string of the molecule is Cc1ccc(OCc2nccn2C(F)F)c(C(=O)O)c1. The number of benzene rings is 1. The lowest BCUT2D eigenvalue weighted by molar-refractivity contribution is 0.0623. The van der Waals surface area contributed by atoms with E-state index in [9.17, 15) is 13.6 Å². The molecule has 0 aliphatic rings. The number of hydrogen-bond donors (Lipinski definition) is 1. The standard InChI is InChI=1S/C13H12F2N2O3/c1-8-2-3-10(9(6-8)12(18)19)20-7-11-16-4-5-17(11)13(14)15/h2-6,13H,7H2,1H3,(H,18,19). The van der Waals surface area contributed by atoms with E-state index in [-0.39, 0.29) is 23.7 Å². The second-order valence-electron chi connectivity index (χ2n) is 4.12. The van der Waals surface area contributed by atoms with Gasteiger partial charge in [-0.25, -0.2) is 9.78 Å². The normalized spacial score (nSPS) is 10.8. The molecule has 0 saturated carbocycles. The zero-order valence-corrected chi connectivity index (χ0v) is 10.6. The van der Waals surface area contributed by atoms with E-state index in [2.05, 4.69) is 4.98 Å². The molecule has 0 fully saturated rings. The predicted molar refractivity (Wildman–Crippen MR) is 66.0 cm³/mol. The lowest BCUT2D eigenvalue weighted by Gasteiger charge is -2.11. The fourth-order valence-corrected chi connectivity index (χ4v) is 1.71. The number of hydrogen-bond acceptors (Lipinski definition) is 3. The van der Waals surface area contributed by atoms with E-state index in [4.69, 9.17) is 9.84 Å². The van der Waals surface area contributed by atoms with Gasteiger partial charge in [-0.2, -0.15) is 8.78 Å². The smallest absolute Gasteiger partial charge is 0.339 e. The van der Waals surface area contributed by atoms with Crippen LogP contribution < -0.4 is 4.74 Å². The molecule has 0 aliphatic carbocycles. The average Bonchev–Trinajstić information content (AvgIpc) is 2.85. The lowest BCUT2D eigenvalue weighted by Crippen LogP contribution is -2.09. The molecule has 0 aliphatic heterocycles. The number of carboxylic acids is 1. The van der Waals surface area contributed by atoms with Crippen LogP contribution in [0.25, 0.3) is 0 Å². The molecular formula is C13H12F2N2O3. The second kappa shape index (κ2) is 5.68. The number of alkyl halides is 2. The third-order valence-corrected chi connectivity index (χ3v) is 2.68. The first-order valence-electron chi connectivity index (χ1n) is 5.75. The predicted octanol–water partition coefficient (Wildman–Crippen LogP) is 2.86. The van der Waals surface area contributed by atoms with Crippen LogP contribution >= 0.6 is 0 Å². The number of rotatable bonds is 5. The van der Waals surface area contributed by atoms with Crippen molar-refractivity contribution in [2.75, 3.05) is 0 Å².